The Morgan fingerprint density at radius 3 is 2.58 bits per heavy atom. The highest BCUT2D eigenvalue weighted by Gasteiger charge is 2.33. The van der Waals surface area contributed by atoms with E-state index in [1.165, 1.54) is 0 Å². The van der Waals surface area contributed by atoms with Gasteiger partial charge in [0.05, 0.1) is 27.3 Å². The monoisotopic (exact) mass is 354 g/mol. The Hall–Kier alpha value is -3.47. The molecule has 1 saturated heterocycles. The molecule has 0 saturated carbocycles. The lowest BCUT2D eigenvalue weighted by Gasteiger charge is -2.38. The first-order valence-corrected chi connectivity index (χ1v) is 7.93. The van der Waals surface area contributed by atoms with E-state index in [0.29, 0.717) is 35.8 Å². The van der Waals surface area contributed by atoms with Gasteiger partial charge in [-0.1, -0.05) is 0 Å². The Bertz CT molecular complexity index is 821. The van der Waals surface area contributed by atoms with Crippen LogP contribution in [0.15, 0.2) is 36.5 Å². The van der Waals surface area contributed by atoms with Crippen molar-refractivity contribution >= 4 is 11.7 Å². The maximum Gasteiger partial charge on any atom is 0.322 e. The normalized spacial score (nSPS) is 13.3. The number of amides is 2. The van der Waals surface area contributed by atoms with Gasteiger partial charge >= 0.3 is 6.03 Å². The van der Waals surface area contributed by atoms with Gasteiger partial charge in [0.15, 0.2) is 0 Å². The second-order valence-electron chi connectivity index (χ2n) is 5.64. The number of anilines is 1. The summed E-state index contributed by atoms with van der Waals surface area (Å²) in [6.45, 7) is 0.822. The number of methoxy groups -OCH3 is 2. The number of nitrogens with one attached hydrogen (secondary N) is 1. The maximum atomic E-state index is 12.3. The number of likely N-dealkylation sites (tertiary alicyclic amines) is 1. The second kappa shape index (κ2) is 7.61. The molecule has 2 heterocycles. The lowest BCUT2D eigenvalue weighted by Crippen LogP contribution is -2.57. The molecule has 26 heavy (non-hydrogen) atoms. The zero-order valence-corrected chi connectivity index (χ0v) is 14.4. The van der Waals surface area contributed by atoms with Crippen LogP contribution in [0.25, 0.3) is 0 Å². The number of ether oxygens (including phenoxy) is 3. The fourth-order valence-electron chi connectivity index (χ4n) is 2.49. The van der Waals surface area contributed by atoms with Crippen LogP contribution in [0, 0.1) is 11.3 Å². The number of aromatic nitrogens is 1. The molecular formula is C18H18N4O4. The molecule has 0 spiro atoms. The van der Waals surface area contributed by atoms with Crippen LogP contribution >= 0.6 is 0 Å². The number of nitrogens with zero attached hydrogens (tertiary/aromatic N) is 3. The van der Waals surface area contributed by atoms with E-state index in [1.807, 2.05) is 6.07 Å². The van der Waals surface area contributed by atoms with Crippen molar-refractivity contribution < 1.29 is 19.0 Å². The van der Waals surface area contributed by atoms with Gasteiger partial charge in [0, 0.05) is 30.1 Å². The number of carbonyl (C=O) groups excluding carboxylic acids is 1. The van der Waals surface area contributed by atoms with Crippen LogP contribution in [0.1, 0.15) is 5.56 Å². The van der Waals surface area contributed by atoms with Crippen LogP contribution in [-0.4, -0.2) is 49.3 Å². The molecular weight excluding hydrogens is 336 g/mol. The Morgan fingerprint density at radius 1 is 1.27 bits per heavy atom. The molecule has 2 amide bonds. The van der Waals surface area contributed by atoms with E-state index in [9.17, 15) is 4.79 Å². The summed E-state index contributed by atoms with van der Waals surface area (Å²) in [7, 11) is 3.09. The van der Waals surface area contributed by atoms with Crippen LogP contribution < -0.4 is 19.5 Å². The zero-order chi connectivity index (χ0) is 18.5. The van der Waals surface area contributed by atoms with Gasteiger partial charge in [-0.25, -0.2) is 9.78 Å². The van der Waals surface area contributed by atoms with Gasteiger partial charge in [-0.2, -0.15) is 5.26 Å². The van der Waals surface area contributed by atoms with Gasteiger partial charge in [0.1, 0.15) is 29.2 Å². The summed E-state index contributed by atoms with van der Waals surface area (Å²) < 4.78 is 16.1. The second-order valence-corrected chi connectivity index (χ2v) is 5.64. The molecule has 3 rings (SSSR count). The fraction of sp³-hybridized carbons (Fsp3) is 0.278. The van der Waals surface area contributed by atoms with Crippen LogP contribution in [0.2, 0.25) is 0 Å². The molecule has 0 unspecified atom stereocenters. The number of benzene rings is 1. The van der Waals surface area contributed by atoms with E-state index in [2.05, 4.69) is 10.3 Å². The predicted molar refractivity (Wildman–Crippen MR) is 93.5 cm³/mol. The van der Waals surface area contributed by atoms with Gasteiger partial charge < -0.3 is 24.4 Å². The van der Waals surface area contributed by atoms with Crippen molar-refractivity contribution in [2.24, 2.45) is 0 Å². The number of nitriles is 1. The topological polar surface area (TPSA) is 96.7 Å². The van der Waals surface area contributed by atoms with Crippen molar-refractivity contribution in [3.8, 4) is 23.4 Å². The summed E-state index contributed by atoms with van der Waals surface area (Å²) in [6.07, 6.45) is 1.37. The lowest BCUT2D eigenvalue weighted by atomic mass is 10.2. The number of hydrogen-bond donors (Lipinski definition) is 1. The van der Waals surface area contributed by atoms with Crippen molar-refractivity contribution in [2.75, 3.05) is 32.6 Å². The third-order valence-electron chi connectivity index (χ3n) is 3.91. The van der Waals surface area contributed by atoms with Gasteiger partial charge in [-0.05, 0) is 12.1 Å². The first-order valence-electron chi connectivity index (χ1n) is 7.93. The van der Waals surface area contributed by atoms with Crippen molar-refractivity contribution in [1.29, 1.82) is 5.26 Å². The van der Waals surface area contributed by atoms with Gasteiger partial charge in [-0.15, -0.1) is 0 Å². The molecule has 2 aromatic rings. The maximum absolute atomic E-state index is 12.3. The quantitative estimate of drug-likeness (QED) is 0.885. The molecule has 0 bridgehead atoms. The highest BCUT2D eigenvalue weighted by Crippen LogP contribution is 2.26. The molecule has 1 N–H and O–H groups in total. The number of urea groups is 1. The summed E-state index contributed by atoms with van der Waals surface area (Å²) in [5.74, 6) is 1.46. The first-order chi connectivity index (χ1) is 12.6. The summed E-state index contributed by atoms with van der Waals surface area (Å²) >= 11 is 0. The fourth-order valence-corrected chi connectivity index (χ4v) is 2.49. The Kier molecular flexibility index (Phi) is 5.08. The standard InChI is InChI=1S/C18H18N4O4/c1-24-14-6-13(7-15(8-14)25-2)21-18(23)22-10-16(11-22)26-17-12(9-19)4-3-5-20-17/h3-8,16H,10-11H2,1-2H3,(H,21,23). The van der Waals surface area contributed by atoms with Gasteiger partial charge in [0.2, 0.25) is 5.88 Å². The molecule has 1 aromatic carbocycles. The SMILES string of the molecule is COc1cc(NC(=O)N2CC(Oc3ncccc3C#N)C2)cc(OC)c1. The van der Waals surface area contributed by atoms with Gasteiger partial charge in [-0.3, -0.25) is 0 Å². The van der Waals surface area contributed by atoms with E-state index in [0.717, 1.165) is 0 Å². The molecule has 1 fully saturated rings. The minimum Gasteiger partial charge on any atom is -0.497 e. The first kappa shape index (κ1) is 17.4. The highest BCUT2D eigenvalue weighted by atomic mass is 16.5. The molecule has 0 aliphatic carbocycles. The number of pyridine rings is 1. The third-order valence-corrected chi connectivity index (χ3v) is 3.91. The average Bonchev–Trinajstić information content (AvgIpc) is 2.63. The molecule has 1 aromatic heterocycles. The summed E-state index contributed by atoms with van der Waals surface area (Å²) in [4.78, 5) is 18.0. The van der Waals surface area contributed by atoms with Crippen LogP contribution in [-0.2, 0) is 0 Å². The van der Waals surface area contributed by atoms with E-state index in [4.69, 9.17) is 19.5 Å². The molecule has 0 atom stereocenters. The molecule has 1 aliphatic rings. The van der Waals surface area contributed by atoms with Crippen molar-refractivity contribution in [3.63, 3.8) is 0 Å². The number of hydrogen-bond acceptors (Lipinski definition) is 6. The molecule has 1 aliphatic heterocycles. The molecule has 0 radical (unpaired) electrons. The number of rotatable bonds is 5. The van der Waals surface area contributed by atoms with E-state index in [-0.39, 0.29) is 18.0 Å². The largest absolute Gasteiger partial charge is 0.497 e. The third kappa shape index (κ3) is 3.78. The molecule has 8 nitrogen and oxygen atoms in total. The van der Waals surface area contributed by atoms with Crippen molar-refractivity contribution in [1.82, 2.24) is 9.88 Å². The highest BCUT2D eigenvalue weighted by molar-refractivity contribution is 5.90. The van der Waals surface area contributed by atoms with Crippen LogP contribution in [0.3, 0.4) is 0 Å². The van der Waals surface area contributed by atoms with Crippen LogP contribution in [0.4, 0.5) is 10.5 Å². The summed E-state index contributed by atoms with van der Waals surface area (Å²) in [6, 6.07) is 10.2. The number of carbonyl (C=O) groups is 1. The molecule has 134 valence electrons. The summed E-state index contributed by atoms with van der Waals surface area (Å²) in [5.41, 5.74) is 0.950. The molecule has 8 heteroatoms. The zero-order valence-electron chi connectivity index (χ0n) is 14.4. The Balaban J connectivity index is 1.56. The van der Waals surface area contributed by atoms with E-state index >= 15 is 0 Å². The predicted octanol–water partition coefficient (Wildman–Crippen LogP) is 2.27. The average molecular weight is 354 g/mol. The lowest BCUT2D eigenvalue weighted by molar-refractivity contribution is 0.0459. The minimum atomic E-state index is -0.248. The van der Waals surface area contributed by atoms with Gasteiger partial charge in [0.25, 0.3) is 0 Å². The van der Waals surface area contributed by atoms with Crippen LogP contribution in [0.5, 0.6) is 17.4 Å². The Morgan fingerprint density at radius 2 is 1.96 bits per heavy atom. The van der Waals surface area contributed by atoms with E-state index < -0.39 is 0 Å². The van der Waals surface area contributed by atoms with E-state index in [1.54, 1.807) is 55.6 Å². The summed E-state index contributed by atoms with van der Waals surface area (Å²) in [5, 5.41) is 11.9. The van der Waals surface area contributed by atoms with Crippen molar-refractivity contribution in [2.45, 2.75) is 6.10 Å². The van der Waals surface area contributed by atoms with Crippen molar-refractivity contribution in [3.05, 3.63) is 42.1 Å². The smallest absolute Gasteiger partial charge is 0.322 e. The Labute approximate surface area is 150 Å². The minimum absolute atomic E-state index is 0.192.